The fourth-order valence-electron chi connectivity index (χ4n) is 2.41. The maximum atomic E-state index is 12.5. The molecule has 0 amide bonds. The normalized spacial score (nSPS) is 26.8. The number of benzene rings is 1. The Morgan fingerprint density at radius 3 is 2.53 bits per heavy atom. The number of hydrogen-bond acceptors (Lipinski definition) is 2. The van der Waals surface area contributed by atoms with Gasteiger partial charge in [0.15, 0.2) is 0 Å². The summed E-state index contributed by atoms with van der Waals surface area (Å²) in [5.41, 5.74) is 8.55. The van der Waals surface area contributed by atoms with Crippen molar-refractivity contribution in [3.8, 4) is 0 Å². The molecule has 2 nitrogen and oxygen atoms in total. The minimum absolute atomic E-state index is 0.103. The largest absolute Gasteiger partial charge is 0.327 e. The third kappa shape index (κ3) is 2.78. The van der Waals surface area contributed by atoms with Gasteiger partial charge >= 0.3 is 0 Å². The molecule has 2 rings (SSSR count). The van der Waals surface area contributed by atoms with Gasteiger partial charge in [-0.25, -0.2) is 0 Å². The van der Waals surface area contributed by atoms with Crippen LogP contribution in [0, 0.1) is 13.8 Å². The molecule has 1 aliphatic carbocycles. The number of aryl methyl sites for hydroxylation is 2. The summed E-state index contributed by atoms with van der Waals surface area (Å²) in [7, 11) is -0.943. The fraction of sp³-hybridized carbons (Fsp3) is 0.571. The van der Waals surface area contributed by atoms with Gasteiger partial charge in [-0.3, -0.25) is 4.21 Å². The average Bonchev–Trinajstić information content (AvgIpc) is 2.32. The van der Waals surface area contributed by atoms with E-state index in [-0.39, 0.29) is 11.3 Å². The van der Waals surface area contributed by atoms with Crippen molar-refractivity contribution in [1.82, 2.24) is 0 Å². The predicted octanol–water partition coefficient (Wildman–Crippen LogP) is 2.68. The Labute approximate surface area is 106 Å². The highest BCUT2D eigenvalue weighted by molar-refractivity contribution is 7.85. The van der Waals surface area contributed by atoms with Gasteiger partial charge < -0.3 is 5.73 Å². The second kappa shape index (κ2) is 5.32. The maximum absolute atomic E-state index is 12.5. The lowest BCUT2D eigenvalue weighted by atomic mass is 9.96. The summed E-state index contributed by atoms with van der Waals surface area (Å²) in [5, 5.41) is 0.144. The summed E-state index contributed by atoms with van der Waals surface area (Å²) in [6.45, 7) is 4.14. The van der Waals surface area contributed by atoms with Crippen molar-refractivity contribution in [3.05, 3.63) is 29.3 Å². The third-order valence-corrected chi connectivity index (χ3v) is 5.59. The molecule has 0 heterocycles. The van der Waals surface area contributed by atoms with Gasteiger partial charge in [-0.2, -0.15) is 0 Å². The molecule has 0 aromatic heterocycles. The number of nitrogens with two attached hydrogens (primary N) is 1. The summed E-state index contributed by atoms with van der Waals surface area (Å²) in [5.74, 6) is 0. The second-order valence-electron chi connectivity index (χ2n) is 5.03. The lowest BCUT2D eigenvalue weighted by Gasteiger charge is -2.27. The molecule has 0 spiro atoms. The molecule has 0 radical (unpaired) electrons. The van der Waals surface area contributed by atoms with E-state index in [9.17, 15) is 4.21 Å². The first-order valence-corrected chi connectivity index (χ1v) is 7.54. The molecular weight excluding hydrogens is 230 g/mol. The Bertz CT molecular complexity index is 430. The molecule has 17 heavy (non-hydrogen) atoms. The summed E-state index contributed by atoms with van der Waals surface area (Å²) < 4.78 is 12.5. The molecule has 2 N–H and O–H groups in total. The first-order chi connectivity index (χ1) is 8.09. The highest BCUT2D eigenvalue weighted by atomic mass is 32.2. The molecule has 3 heteroatoms. The van der Waals surface area contributed by atoms with E-state index < -0.39 is 10.8 Å². The quantitative estimate of drug-likeness (QED) is 0.878. The van der Waals surface area contributed by atoms with E-state index in [0.29, 0.717) is 0 Å². The Kier molecular flexibility index (Phi) is 4.00. The maximum Gasteiger partial charge on any atom is 0.0576 e. The van der Waals surface area contributed by atoms with E-state index in [0.717, 1.165) is 24.2 Å². The van der Waals surface area contributed by atoms with Crippen LogP contribution >= 0.6 is 0 Å². The Morgan fingerprint density at radius 2 is 1.88 bits per heavy atom. The van der Waals surface area contributed by atoms with Crippen molar-refractivity contribution in [2.24, 2.45) is 5.73 Å². The summed E-state index contributed by atoms with van der Waals surface area (Å²) in [4.78, 5) is 0.940. The van der Waals surface area contributed by atoms with Crippen molar-refractivity contribution in [2.75, 3.05) is 0 Å². The standard InChI is InChI=1S/C14H21NOS/c1-10-7-8-12(9-11(10)2)17(16)14-6-4-3-5-13(14)15/h7-9,13-14H,3-6,15H2,1-2H3. The van der Waals surface area contributed by atoms with Crippen molar-refractivity contribution in [3.63, 3.8) is 0 Å². The molecule has 3 unspecified atom stereocenters. The number of hydrogen-bond donors (Lipinski definition) is 1. The Hall–Kier alpha value is -0.670. The molecule has 0 bridgehead atoms. The van der Waals surface area contributed by atoms with Crippen LogP contribution in [-0.2, 0) is 10.8 Å². The van der Waals surface area contributed by atoms with E-state index in [1.54, 1.807) is 0 Å². The molecule has 0 aliphatic heterocycles. The molecule has 3 atom stereocenters. The van der Waals surface area contributed by atoms with E-state index in [2.05, 4.69) is 19.9 Å². The van der Waals surface area contributed by atoms with Crippen LogP contribution in [0.15, 0.2) is 23.1 Å². The second-order valence-corrected chi connectivity index (χ2v) is 6.70. The molecule has 1 aromatic rings. The van der Waals surface area contributed by atoms with Gasteiger partial charge in [0.1, 0.15) is 0 Å². The lowest BCUT2D eigenvalue weighted by Crippen LogP contribution is -2.40. The Morgan fingerprint density at radius 1 is 1.18 bits per heavy atom. The lowest BCUT2D eigenvalue weighted by molar-refractivity contribution is 0.445. The van der Waals surface area contributed by atoms with Crippen molar-refractivity contribution >= 4 is 10.8 Å². The van der Waals surface area contributed by atoms with E-state index in [4.69, 9.17) is 5.73 Å². The topological polar surface area (TPSA) is 43.1 Å². The zero-order chi connectivity index (χ0) is 12.4. The smallest absolute Gasteiger partial charge is 0.0576 e. The van der Waals surface area contributed by atoms with Crippen molar-refractivity contribution in [1.29, 1.82) is 0 Å². The molecule has 1 fully saturated rings. The van der Waals surface area contributed by atoms with Crippen LogP contribution in [-0.4, -0.2) is 15.5 Å². The molecular formula is C14H21NOS. The predicted molar refractivity (Wildman–Crippen MR) is 72.6 cm³/mol. The zero-order valence-corrected chi connectivity index (χ0v) is 11.4. The van der Waals surface area contributed by atoms with Crippen LogP contribution in [0.25, 0.3) is 0 Å². The molecule has 94 valence electrons. The van der Waals surface area contributed by atoms with E-state index in [1.807, 2.05) is 12.1 Å². The van der Waals surface area contributed by atoms with Crippen molar-refractivity contribution in [2.45, 2.75) is 55.7 Å². The summed E-state index contributed by atoms with van der Waals surface area (Å²) in [6, 6.07) is 6.19. The summed E-state index contributed by atoms with van der Waals surface area (Å²) >= 11 is 0. The van der Waals surface area contributed by atoms with Gasteiger partial charge in [-0.05, 0) is 49.9 Å². The minimum Gasteiger partial charge on any atom is -0.327 e. The molecule has 0 saturated heterocycles. The van der Waals surface area contributed by atoms with Gasteiger partial charge in [0, 0.05) is 10.9 Å². The first-order valence-electron chi connectivity index (χ1n) is 6.33. The molecule has 1 aliphatic rings. The zero-order valence-electron chi connectivity index (χ0n) is 10.6. The van der Waals surface area contributed by atoms with Crippen molar-refractivity contribution < 1.29 is 4.21 Å². The highest BCUT2D eigenvalue weighted by Crippen LogP contribution is 2.26. The minimum atomic E-state index is -0.943. The molecule has 1 aromatic carbocycles. The van der Waals surface area contributed by atoms with Crippen LogP contribution in [0.3, 0.4) is 0 Å². The van der Waals surface area contributed by atoms with Crippen LogP contribution in [0.5, 0.6) is 0 Å². The van der Waals surface area contributed by atoms with Crippen LogP contribution in [0.4, 0.5) is 0 Å². The SMILES string of the molecule is Cc1ccc(S(=O)C2CCCCC2N)cc1C. The number of rotatable bonds is 2. The van der Waals surface area contributed by atoms with E-state index in [1.165, 1.54) is 17.5 Å². The van der Waals surface area contributed by atoms with Crippen LogP contribution in [0.2, 0.25) is 0 Å². The van der Waals surface area contributed by atoms with Gasteiger partial charge in [0.05, 0.1) is 16.0 Å². The molecule has 1 saturated carbocycles. The average molecular weight is 251 g/mol. The third-order valence-electron chi connectivity index (χ3n) is 3.74. The Balaban J connectivity index is 2.21. The van der Waals surface area contributed by atoms with Gasteiger partial charge in [-0.15, -0.1) is 0 Å². The fourth-order valence-corrected chi connectivity index (χ4v) is 4.08. The highest BCUT2D eigenvalue weighted by Gasteiger charge is 2.27. The van der Waals surface area contributed by atoms with E-state index >= 15 is 0 Å². The van der Waals surface area contributed by atoms with Gasteiger partial charge in [-0.1, -0.05) is 18.9 Å². The van der Waals surface area contributed by atoms with Crippen LogP contribution < -0.4 is 5.73 Å². The summed E-state index contributed by atoms with van der Waals surface area (Å²) in [6.07, 6.45) is 4.36. The van der Waals surface area contributed by atoms with Crippen LogP contribution in [0.1, 0.15) is 36.8 Å². The monoisotopic (exact) mass is 251 g/mol. The first kappa shape index (κ1) is 12.8. The van der Waals surface area contributed by atoms with Gasteiger partial charge in [0.25, 0.3) is 0 Å². The van der Waals surface area contributed by atoms with Gasteiger partial charge in [0.2, 0.25) is 0 Å².